The summed E-state index contributed by atoms with van der Waals surface area (Å²) in [5.74, 6) is 1.40. The maximum absolute atomic E-state index is 9.47. The zero-order chi connectivity index (χ0) is 13.5. The van der Waals surface area contributed by atoms with Crippen molar-refractivity contribution in [2.45, 2.75) is 18.4 Å². The number of benzene rings is 2. The molecular weight excluding hydrogens is 246 g/mol. The third-order valence-electron chi connectivity index (χ3n) is 4.52. The van der Waals surface area contributed by atoms with Gasteiger partial charge in [-0.15, -0.1) is 0 Å². The van der Waals surface area contributed by atoms with Crippen molar-refractivity contribution in [3.05, 3.63) is 71.8 Å². The highest BCUT2D eigenvalue weighted by atomic mass is 16.3. The van der Waals surface area contributed by atoms with E-state index in [9.17, 15) is 5.11 Å². The molecule has 4 rings (SSSR count). The molecule has 1 aliphatic carbocycles. The van der Waals surface area contributed by atoms with Gasteiger partial charge in [-0.2, -0.15) is 0 Å². The number of phenols is 1. The second-order valence-electron chi connectivity index (χ2n) is 5.65. The predicted octanol–water partition coefficient (Wildman–Crippen LogP) is 4.22. The molecule has 2 aromatic rings. The summed E-state index contributed by atoms with van der Waals surface area (Å²) in [6, 6.07) is 16.5. The molecule has 0 bridgehead atoms. The van der Waals surface area contributed by atoms with E-state index in [0.717, 1.165) is 6.42 Å². The van der Waals surface area contributed by atoms with Gasteiger partial charge in [-0.1, -0.05) is 42.5 Å². The largest absolute Gasteiger partial charge is 0.508 e. The Morgan fingerprint density at radius 2 is 1.80 bits per heavy atom. The number of para-hydroxylation sites is 1. The summed E-state index contributed by atoms with van der Waals surface area (Å²) in [4.78, 5) is 0. The Morgan fingerprint density at radius 1 is 1.00 bits per heavy atom. The molecule has 0 fully saturated rings. The van der Waals surface area contributed by atoms with E-state index < -0.39 is 0 Å². The second-order valence-corrected chi connectivity index (χ2v) is 5.65. The van der Waals surface area contributed by atoms with Crippen molar-refractivity contribution in [1.82, 2.24) is 0 Å². The first-order valence-corrected chi connectivity index (χ1v) is 7.14. The van der Waals surface area contributed by atoms with Gasteiger partial charge in [0.25, 0.3) is 0 Å². The van der Waals surface area contributed by atoms with Crippen LogP contribution in [0.15, 0.2) is 60.7 Å². The lowest BCUT2D eigenvalue weighted by Gasteiger charge is -2.37. The van der Waals surface area contributed by atoms with E-state index in [0.29, 0.717) is 23.6 Å². The highest BCUT2D eigenvalue weighted by molar-refractivity contribution is 5.59. The quantitative estimate of drug-likeness (QED) is 0.755. The van der Waals surface area contributed by atoms with E-state index in [1.807, 2.05) is 12.1 Å². The third kappa shape index (κ3) is 1.72. The standard InChI is InChI=1S/C18H17NO/c20-13-10-8-12(9-11-13)18-16-6-3-5-14(16)15-4-1-2-7-17(15)19-18/h1-5,7-11,14,16,18-20H,6H2/t14-,16-,18-/m1/s1. The first-order valence-electron chi connectivity index (χ1n) is 7.14. The van der Waals surface area contributed by atoms with Gasteiger partial charge < -0.3 is 10.4 Å². The fraction of sp³-hybridized carbons (Fsp3) is 0.222. The van der Waals surface area contributed by atoms with Crippen LogP contribution >= 0.6 is 0 Å². The van der Waals surface area contributed by atoms with Gasteiger partial charge in [0.1, 0.15) is 5.75 Å². The molecule has 0 amide bonds. The fourth-order valence-electron chi connectivity index (χ4n) is 3.56. The molecule has 2 nitrogen and oxygen atoms in total. The number of hydrogen-bond donors (Lipinski definition) is 2. The van der Waals surface area contributed by atoms with Crippen LogP contribution in [0.1, 0.15) is 29.5 Å². The zero-order valence-electron chi connectivity index (χ0n) is 11.2. The molecule has 2 aromatic carbocycles. The minimum Gasteiger partial charge on any atom is -0.508 e. The van der Waals surface area contributed by atoms with Crippen LogP contribution < -0.4 is 5.32 Å². The summed E-state index contributed by atoms with van der Waals surface area (Å²) in [6.07, 6.45) is 5.75. The van der Waals surface area contributed by atoms with Crippen molar-refractivity contribution < 1.29 is 5.11 Å². The van der Waals surface area contributed by atoms with Crippen LogP contribution in [-0.2, 0) is 0 Å². The maximum Gasteiger partial charge on any atom is 0.115 e. The molecule has 0 saturated carbocycles. The molecule has 2 aliphatic rings. The summed E-state index contributed by atoms with van der Waals surface area (Å²) >= 11 is 0. The van der Waals surface area contributed by atoms with Gasteiger partial charge in [0, 0.05) is 11.6 Å². The van der Waals surface area contributed by atoms with Gasteiger partial charge in [-0.05, 0) is 41.7 Å². The summed E-state index contributed by atoms with van der Waals surface area (Å²) in [5.41, 5.74) is 3.88. The van der Waals surface area contributed by atoms with Crippen molar-refractivity contribution in [3.63, 3.8) is 0 Å². The lowest BCUT2D eigenvalue weighted by molar-refractivity contribution is 0.424. The molecule has 0 spiro atoms. The molecule has 100 valence electrons. The molecule has 2 heteroatoms. The minimum atomic E-state index is 0.311. The van der Waals surface area contributed by atoms with Gasteiger partial charge in [-0.3, -0.25) is 0 Å². The number of allylic oxidation sites excluding steroid dienone is 2. The Hall–Kier alpha value is -2.22. The average Bonchev–Trinajstić information content (AvgIpc) is 2.97. The molecule has 0 radical (unpaired) electrons. The van der Waals surface area contributed by atoms with Crippen molar-refractivity contribution in [1.29, 1.82) is 0 Å². The van der Waals surface area contributed by atoms with Gasteiger partial charge in [-0.25, -0.2) is 0 Å². The molecule has 1 aliphatic heterocycles. The molecular formula is C18H17NO. The summed E-state index contributed by atoms with van der Waals surface area (Å²) in [5, 5.41) is 13.1. The third-order valence-corrected chi connectivity index (χ3v) is 4.52. The Balaban J connectivity index is 1.77. The van der Waals surface area contributed by atoms with Gasteiger partial charge in [0.15, 0.2) is 0 Å². The minimum absolute atomic E-state index is 0.311. The smallest absolute Gasteiger partial charge is 0.115 e. The molecule has 0 unspecified atom stereocenters. The number of nitrogens with one attached hydrogen (secondary N) is 1. The zero-order valence-corrected chi connectivity index (χ0v) is 11.2. The van der Waals surface area contributed by atoms with E-state index in [4.69, 9.17) is 0 Å². The van der Waals surface area contributed by atoms with Gasteiger partial charge in [0.2, 0.25) is 0 Å². The number of anilines is 1. The summed E-state index contributed by atoms with van der Waals surface area (Å²) < 4.78 is 0. The van der Waals surface area contributed by atoms with Crippen LogP contribution in [0.4, 0.5) is 5.69 Å². The lowest BCUT2D eigenvalue weighted by Crippen LogP contribution is -2.28. The van der Waals surface area contributed by atoms with Gasteiger partial charge in [0.05, 0.1) is 6.04 Å². The molecule has 20 heavy (non-hydrogen) atoms. The number of rotatable bonds is 1. The predicted molar refractivity (Wildman–Crippen MR) is 80.9 cm³/mol. The van der Waals surface area contributed by atoms with E-state index in [2.05, 4.69) is 41.7 Å². The van der Waals surface area contributed by atoms with Crippen LogP contribution in [0.2, 0.25) is 0 Å². The second kappa shape index (κ2) is 4.41. The first-order chi connectivity index (χ1) is 9.83. The average molecular weight is 263 g/mol. The van der Waals surface area contributed by atoms with E-state index in [1.54, 1.807) is 12.1 Å². The van der Waals surface area contributed by atoms with E-state index >= 15 is 0 Å². The number of hydrogen-bond acceptors (Lipinski definition) is 2. The molecule has 2 N–H and O–H groups in total. The highest BCUT2D eigenvalue weighted by Crippen LogP contribution is 2.49. The summed E-state index contributed by atoms with van der Waals surface area (Å²) in [7, 11) is 0. The molecule has 3 atom stereocenters. The van der Waals surface area contributed by atoms with Crippen LogP contribution in [0.25, 0.3) is 0 Å². The van der Waals surface area contributed by atoms with Crippen molar-refractivity contribution in [2.24, 2.45) is 5.92 Å². The molecule has 0 aromatic heterocycles. The molecule has 1 heterocycles. The Labute approximate surface area is 118 Å². The monoisotopic (exact) mass is 263 g/mol. The Kier molecular flexibility index (Phi) is 2.56. The Bertz CT molecular complexity index is 659. The van der Waals surface area contributed by atoms with Crippen LogP contribution in [0.3, 0.4) is 0 Å². The fourth-order valence-corrected chi connectivity index (χ4v) is 3.56. The Morgan fingerprint density at radius 3 is 2.65 bits per heavy atom. The van der Waals surface area contributed by atoms with Crippen LogP contribution in [0.5, 0.6) is 5.75 Å². The van der Waals surface area contributed by atoms with Crippen LogP contribution in [0, 0.1) is 5.92 Å². The van der Waals surface area contributed by atoms with Gasteiger partial charge >= 0.3 is 0 Å². The maximum atomic E-state index is 9.47. The number of aromatic hydroxyl groups is 1. The van der Waals surface area contributed by atoms with Crippen molar-refractivity contribution in [3.8, 4) is 5.75 Å². The SMILES string of the molecule is Oc1ccc([C@H]2Nc3ccccc3[C@H]3C=CC[C@H]32)cc1. The van der Waals surface area contributed by atoms with Crippen LogP contribution in [-0.4, -0.2) is 5.11 Å². The van der Waals surface area contributed by atoms with E-state index in [1.165, 1.54) is 16.8 Å². The topological polar surface area (TPSA) is 32.3 Å². The first kappa shape index (κ1) is 11.6. The number of phenolic OH excluding ortho intramolecular Hbond substituents is 1. The molecule has 0 saturated heterocycles. The van der Waals surface area contributed by atoms with E-state index in [-0.39, 0.29) is 0 Å². The lowest BCUT2D eigenvalue weighted by atomic mass is 9.77. The number of fused-ring (bicyclic) bond motifs is 3. The van der Waals surface area contributed by atoms with Crippen molar-refractivity contribution >= 4 is 5.69 Å². The normalized spacial score (nSPS) is 26.7. The summed E-state index contributed by atoms with van der Waals surface area (Å²) in [6.45, 7) is 0. The highest BCUT2D eigenvalue weighted by Gasteiger charge is 2.37. The van der Waals surface area contributed by atoms with Crippen molar-refractivity contribution in [2.75, 3.05) is 5.32 Å².